The Morgan fingerprint density at radius 1 is 1.07 bits per heavy atom. The van der Waals surface area contributed by atoms with Crippen LogP contribution in [0.2, 0.25) is 0 Å². The molecule has 3 nitrogen and oxygen atoms in total. The van der Waals surface area contributed by atoms with Gasteiger partial charge in [-0.25, -0.2) is 0 Å². The number of carbonyl (C=O) groups excluding carboxylic acids is 1. The molecular weight excluding hydrogens is 188 g/mol. The molecular formula is C12H16N2O. The number of nitrogens with one attached hydrogen (secondary N) is 2. The van der Waals surface area contributed by atoms with Crippen molar-refractivity contribution in [3.05, 3.63) is 35.9 Å². The van der Waals surface area contributed by atoms with Crippen LogP contribution in [0.3, 0.4) is 0 Å². The minimum atomic E-state index is -0.620. The third-order valence-corrected chi connectivity index (χ3v) is 2.79. The van der Waals surface area contributed by atoms with Crippen molar-refractivity contribution in [1.29, 1.82) is 0 Å². The second-order valence-corrected chi connectivity index (χ2v) is 4.70. The predicted octanol–water partition coefficient (Wildman–Crippen LogP) is 1.36. The van der Waals surface area contributed by atoms with Crippen molar-refractivity contribution in [2.45, 2.75) is 32.0 Å². The minimum absolute atomic E-state index is 0.0266. The quantitative estimate of drug-likeness (QED) is 0.725. The van der Waals surface area contributed by atoms with Gasteiger partial charge in [-0.05, 0) is 26.3 Å². The number of rotatable bonds is 1. The van der Waals surface area contributed by atoms with E-state index in [0.29, 0.717) is 0 Å². The Morgan fingerprint density at radius 2 is 1.67 bits per heavy atom. The molecule has 1 amide bonds. The highest BCUT2D eigenvalue weighted by atomic mass is 16.2. The van der Waals surface area contributed by atoms with E-state index in [1.165, 1.54) is 0 Å². The SMILES string of the molecule is CC1(C)NC(=O)C(C)(c2ccccc2)N1. The van der Waals surface area contributed by atoms with Crippen LogP contribution in [0, 0.1) is 0 Å². The van der Waals surface area contributed by atoms with Crippen molar-refractivity contribution in [1.82, 2.24) is 10.6 Å². The van der Waals surface area contributed by atoms with Crippen LogP contribution in [0.5, 0.6) is 0 Å². The van der Waals surface area contributed by atoms with E-state index in [1.54, 1.807) is 0 Å². The van der Waals surface area contributed by atoms with Crippen molar-refractivity contribution in [3.8, 4) is 0 Å². The molecule has 1 saturated heterocycles. The Labute approximate surface area is 89.9 Å². The van der Waals surface area contributed by atoms with Crippen LogP contribution < -0.4 is 10.6 Å². The molecule has 0 bridgehead atoms. The van der Waals surface area contributed by atoms with Gasteiger partial charge in [-0.1, -0.05) is 30.3 Å². The fraction of sp³-hybridized carbons (Fsp3) is 0.417. The van der Waals surface area contributed by atoms with Crippen molar-refractivity contribution in [3.63, 3.8) is 0 Å². The van der Waals surface area contributed by atoms with Gasteiger partial charge < -0.3 is 5.32 Å². The van der Waals surface area contributed by atoms with Crippen molar-refractivity contribution in [2.24, 2.45) is 0 Å². The first-order chi connectivity index (χ1) is 6.94. The number of amides is 1. The van der Waals surface area contributed by atoms with Crippen LogP contribution in [-0.4, -0.2) is 11.6 Å². The first-order valence-corrected chi connectivity index (χ1v) is 5.11. The summed E-state index contributed by atoms with van der Waals surface area (Å²) in [6.45, 7) is 5.82. The third kappa shape index (κ3) is 1.63. The largest absolute Gasteiger partial charge is 0.337 e. The summed E-state index contributed by atoms with van der Waals surface area (Å²) in [6, 6.07) is 9.77. The van der Waals surface area contributed by atoms with Gasteiger partial charge in [-0.15, -0.1) is 0 Å². The third-order valence-electron chi connectivity index (χ3n) is 2.79. The molecule has 15 heavy (non-hydrogen) atoms. The normalized spacial score (nSPS) is 28.9. The van der Waals surface area contributed by atoms with Gasteiger partial charge >= 0.3 is 0 Å². The molecule has 1 aliphatic rings. The maximum absolute atomic E-state index is 11.9. The summed E-state index contributed by atoms with van der Waals surface area (Å²) in [6.07, 6.45) is 0. The number of hydrogen-bond acceptors (Lipinski definition) is 2. The molecule has 0 aromatic heterocycles. The molecule has 0 aliphatic carbocycles. The molecule has 80 valence electrons. The van der Waals surface area contributed by atoms with E-state index in [2.05, 4.69) is 10.6 Å². The van der Waals surface area contributed by atoms with E-state index in [0.717, 1.165) is 5.56 Å². The Morgan fingerprint density at radius 3 is 2.13 bits per heavy atom. The van der Waals surface area contributed by atoms with Gasteiger partial charge in [0.1, 0.15) is 5.54 Å². The fourth-order valence-electron chi connectivity index (χ4n) is 2.10. The lowest BCUT2D eigenvalue weighted by molar-refractivity contribution is -0.124. The van der Waals surface area contributed by atoms with E-state index in [1.807, 2.05) is 51.1 Å². The van der Waals surface area contributed by atoms with Gasteiger partial charge in [0, 0.05) is 0 Å². The van der Waals surface area contributed by atoms with Crippen molar-refractivity contribution in [2.75, 3.05) is 0 Å². The zero-order valence-electron chi connectivity index (χ0n) is 9.29. The summed E-state index contributed by atoms with van der Waals surface area (Å²) in [5, 5.41) is 6.24. The van der Waals surface area contributed by atoms with Crippen molar-refractivity contribution < 1.29 is 4.79 Å². The molecule has 1 fully saturated rings. The Kier molecular flexibility index (Phi) is 2.08. The lowest BCUT2D eigenvalue weighted by atomic mass is 9.92. The van der Waals surface area contributed by atoms with Gasteiger partial charge in [0.2, 0.25) is 5.91 Å². The topological polar surface area (TPSA) is 41.1 Å². The molecule has 2 N–H and O–H groups in total. The molecule has 2 rings (SSSR count). The molecule has 1 heterocycles. The van der Waals surface area contributed by atoms with Crippen LogP contribution in [0.15, 0.2) is 30.3 Å². The van der Waals surface area contributed by atoms with Gasteiger partial charge in [-0.2, -0.15) is 0 Å². The molecule has 1 aromatic rings. The standard InChI is InChI=1S/C12H16N2O/c1-11(2)13-10(15)12(3,14-11)9-7-5-4-6-8-9/h4-8,14H,1-3H3,(H,13,15). The fourth-order valence-corrected chi connectivity index (χ4v) is 2.10. The van der Waals surface area contributed by atoms with Crippen LogP contribution in [0.25, 0.3) is 0 Å². The van der Waals surface area contributed by atoms with Gasteiger partial charge in [0.25, 0.3) is 0 Å². The lowest BCUT2D eigenvalue weighted by Gasteiger charge is -2.25. The number of hydrogen-bond donors (Lipinski definition) is 2. The highest BCUT2D eigenvalue weighted by Gasteiger charge is 2.47. The van der Waals surface area contributed by atoms with Gasteiger partial charge in [0.15, 0.2) is 0 Å². The zero-order chi connectivity index (χ0) is 11.1. The van der Waals surface area contributed by atoms with Crippen molar-refractivity contribution >= 4 is 5.91 Å². The molecule has 3 heteroatoms. The maximum Gasteiger partial charge on any atom is 0.246 e. The van der Waals surface area contributed by atoms with Crippen LogP contribution in [-0.2, 0) is 10.3 Å². The Balaban J connectivity index is 2.41. The molecule has 0 radical (unpaired) electrons. The maximum atomic E-state index is 11.9. The van der Waals surface area contributed by atoms with Crippen LogP contribution >= 0.6 is 0 Å². The highest BCUT2D eigenvalue weighted by Crippen LogP contribution is 2.28. The Hall–Kier alpha value is -1.35. The summed E-state index contributed by atoms with van der Waals surface area (Å²) in [4.78, 5) is 11.9. The Bertz CT molecular complexity index is 386. The molecule has 1 aliphatic heterocycles. The second kappa shape index (κ2) is 3.07. The highest BCUT2D eigenvalue weighted by molar-refractivity contribution is 5.90. The van der Waals surface area contributed by atoms with E-state index < -0.39 is 5.54 Å². The first kappa shape index (κ1) is 10.2. The van der Waals surface area contributed by atoms with E-state index >= 15 is 0 Å². The average molecular weight is 204 g/mol. The summed E-state index contributed by atoms with van der Waals surface area (Å²) in [7, 11) is 0. The summed E-state index contributed by atoms with van der Waals surface area (Å²) in [5.41, 5.74) is 0.0277. The molecule has 0 spiro atoms. The second-order valence-electron chi connectivity index (χ2n) is 4.70. The lowest BCUT2D eigenvalue weighted by Crippen LogP contribution is -2.47. The minimum Gasteiger partial charge on any atom is -0.337 e. The monoisotopic (exact) mass is 204 g/mol. The molecule has 0 saturated carbocycles. The molecule has 1 unspecified atom stereocenters. The van der Waals surface area contributed by atoms with Gasteiger partial charge in [-0.3, -0.25) is 10.1 Å². The summed E-state index contributed by atoms with van der Waals surface area (Å²) < 4.78 is 0. The zero-order valence-corrected chi connectivity index (χ0v) is 9.29. The van der Waals surface area contributed by atoms with Crippen LogP contribution in [0.1, 0.15) is 26.3 Å². The van der Waals surface area contributed by atoms with Crippen LogP contribution in [0.4, 0.5) is 0 Å². The average Bonchev–Trinajstić information content (AvgIpc) is 2.38. The molecule has 1 atom stereocenters. The predicted molar refractivity (Wildman–Crippen MR) is 59.2 cm³/mol. The van der Waals surface area contributed by atoms with E-state index in [9.17, 15) is 4.79 Å². The van der Waals surface area contributed by atoms with E-state index in [4.69, 9.17) is 0 Å². The number of benzene rings is 1. The first-order valence-electron chi connectivity index (χ1n) is 5.11. The smallest absolute Gasteiger partial charge is 0.246 e. The van der Waals surface area contributed by atoms with E-state index in [-0.39, 0.29) is 11.6 Å². The molecule has 1 aromatic carbocycles. The van der Waals surface area contributed by atoms with Gasteiger partial charge in [0.05, 0.1) is 5.66 Å². The number of carbonyl (C=O) groups is 1. The summed E-state index contributed by atoms with van der Waals surface area (Å²) in [5.74, 6) is 0.0266. The summed E-state index contributed by atoms with van der Waals surface area (Å²) >= 11 is 0.